The van der Waals surface area contributed by atoms with E-state index < -0.39 is 0 Å². The number of H-pyrrole nitrogens is 1. The minimum Gasteiger partial charge on any atom is -0.508 e. The van der Waals surface area contributed by atoms with E-state index in [4.69, 9.17) is 0 Å². The summed E-state index contributed by atoms with van der Waals surface area (Å²) >= 11 is 0. The lowest BCUT2D eigenvalue weighted by atomic mass is 10.1. The fraction of sp³-hybridized carbons (Fsp3) is 0.375. The summed E-state index contributed by atoms with van der Waals surface area (Å²) < 4.78 is 0. The van der Waals surface area contributed by atoms with Crippen LogP contribution in [0.3, 0.4) is 0 Å². The minimum atomic E-state index is -0.0862. The number of rotatable bonds is 5. The topological polar surface area (TPSA) is 78.0 Å². The molecule has 0 bridgehead atoms. The van der Waals surface area contributed by atoms with Crippen LogP contribution in [0.4, 0.5) is 0 Å². The SMILES string of the molecule is Cc1n[nH]c(C)c1C(=O)NC(C)CCc1ccc(O)cc1. The maximum absolute atomic E-state index is 12.2. The number of nitrogens with one attached hydrogen (secondary N) is 2. The number of amides is 1. The number of benzene rings is 1. The number of aromatic amines is 1. The molecule has 1 aromatic heterocycles. The largest absolute Gasteiger partial charge is 0.508 e. The van der Waals surface area contributed by atoms with Gasteiger partial charge in [-0.2, -0.15) is 5.10 Å². The molecule has 2 rings (SSSR count). The van der Waals surface area contributed by atoms with Crippen molar-refractivity contribution in [3.63, 3.8) is 0 Å². The third kappa shape index (κ3) is 3.84. The smallest absolute Gasteiger partial charge is 0.255 e. The average molecular weight is 287 g/mol. The van der Waals surface area contributed by atoms with Gasteiger partial charge in [-0.25, -0.2) is 0 Å². The number of nitrogens with zero attached hydrogens (tertiary/aromatic N) is 1. The number of carbonyl (C=O) groups excluding carboxylic acids is 1. The third-order valence-electron chi connectivity index (χ3n) is 3.54. The molecule has 0 spiro atoms. The fourth-order valence-corrected chi connectivity index (χ4v) is 2.30. The molecule has 0 aliphatic carbocycles. The predicted molar refractivity (Wildman–Crippen MR) is 81.4 cm³/mol. The van der Waals surface area contributed by atoms with Gasteiger partial charge in [0.2, 0.25) is 0 Å². The Hall–Kier alpha value is -2.30. The molecule has 21 heavy (non-hydrogen) atoms. The summed E-state index contributed by atoms with van der Waals surface area (Å²) in [7, 11) is 0. The Morgan fingerprint density at radius 1 is 1.33 bits per heavy atom. The van der Waals surface area contributed by atoms with Gasteiger partial charge in [0.1, 0.15) is 5.75 Å². The van der Waals surface area contributed by atoms with Crippen LogP contribution in [0.5, 0.6) is 5.75 Å². The first-order valence-corrected chi connectivity index (χ1v) is 7.07. The van der Waals surface area contributed by atoms with E-state index in [1.165, 1.54) is 0 Å². The Balaban J connectivity index is 1.88. The number of hydrogen-bond donors (Lipinski definition) is 3. The van der Waals surface area contributed by atoms with Crippen molar-refractivity contribution < 1.29 is 9.90 Å². The number of aromatic nitrogens is 2. The van der Waals surface area contributed by atoms with Crippen LogP contribution in [0.2, 0.25) is 0 Å². The summed E-state index contributed by atoms with van der Waals surface area (Å²) in [6.45, 7) is 5.65. The fourth-order valence-electron chi connectivity index (χ4n) is 2.30. The molecule has 0 aliphatic heterocycles. The summed E-state index contributed by atoms with van der Waals surface area (Å²) in [5.74, 6) is 0.183. The van der Waals surface area contributed by atoms with Gasteiger partial charge in [-0.05, 0) is 51.3 Å². The molecular formula is C16H21N3O2. The van der Waals surface area contributed by atoms with E-state index in [1.807, 2.05) is 32.9 Å². The Labute approximate surface area is 124 Å². The zero-order chi connectivity index (χ0) is 15.4. The van der Waals surface area contributed by atoms with Gasteiger partial charge < -0.3 is 10.4 Å². The average Bonchev–Trinajstić information content (AvgIpc) is 2.77. The first-order valence-electron chi connectivity index (χ1n) is 7.07. The highest BCUT2D eigenvalue weighted by Gasteiger charge is 2.16. The second-order valence-corrected chi connectivity index (χ2v) is 5.39. The maximum Gasteiger partial charge on any atom is 0.255 e. The highest BCUT2D eigenvalue weighted by atomic mass is 16.3. The minimum absolute atomic E-state index is 0.0694. The molecule has 112 valence electrons. The van der Waals surface area contributed by atoms with Crippen molar-refractivity contribution in [2.75, 3.05) is 0 Å². The summed E-state index contributed by atoms with van der Waals surface area (Å²) in [6.07, 6.45) is 1.69. The van der Waals surface area contributed by atoms with Gasteiger partial charge in [0.15, 0.2) is 0 Å². The maximum atomic E-state index is 12.2. The van der Waals surface area contributed by atoms with E-state index >= 15 is 0 Å². The van der Waals surface area contributed by atoms with Crippen molar-refractivity contribution in [2.24, 2.45) is 0 Å². The lowest BCUT2D eigenvalue weighted by molar-refractivity contribution is 0.0937. The van der Waals surface area contributed by atoms with Crippen LogP contribution in [-0.4, -0.2) is 27.3 Å². The van der Waals surface area contributed by atoms with Crippen molar-refractivity contribution in [1.82, 2.24) is 15.5 Å². The van der Waals surface area contributed by atoms with Crippen molar-refractivity contribution in [2.45, 2.75) is 39.7 Å². The van der Waals surface area contributed by atoms with Crippen LogP contribution >= 0.6 is 0 Å². The molecule has 0 aliphatic rings. The van der Waals surface area contributed by atoms with Crippen LogP contribution in [0.1, 0.15) is 40.7 Å². The summed E-state index contributed by atoms with van der Waals surface area (Å²) in [4.78, 5) is 12.2. The quantitative estimate of drug-likeness (QED) is 0.790. The first kappa shape index (κ1) is 15.1. The zero-order valence-electron chi connectivity index (χ0n) is 12.6. The molecule has 5 nitrogen and oxygen atoms in total. The number of aryl methyl sites for hydroxylation is 3. The summed E-state index contributed by atoms with van der Waals surface area (Å²) in [5.41, 5.74) is 3.28. The van der Waals surface area contributed by atoms with Gasteiger partial charge in [-0.3, -0.25) is 9.89 Å². The monoisotopic (exact) mass is 287 g/mol. The number of phenols is 1. The number of phenolic OH excluding ortho intramolecular Hbond substituents is 1. The molecule has 5 heteroatoms. The van der Waals surface area contributed by atoms with E-state index in [2.05, 4.69) is 15.5 Å². The molecule has 1 unspecified atom stereocenters. The van der Waals surface area contributed by atoms with Crippen LogP contribution in [-0.2, 0) is 6.42 Å². The third-order valence-corrected chi connectivity index (χ3v) is 3.54. The molecule has 1 heterocycles. The molecule has 2 aromatic rings. The second kappa shape index (κ2) is 6.43. The van der Waals surface area contributed by atoms with Crippen molar-refractivity contribution in [3.8, 4) is 5.75 Å². The second-order valence-electron chi connectivity index (χ2n) is 5.39. The van der Waals surface area contributed by atoms with E-state index in [0.29, 0.717) is 5.56 Å². The summed E-state index contributed by atoms with van der Waals surface area (Å²) in [5, 5.41) is 19.1. The van der Waals surface area contributed by atoms with Crippen molar-refractivity contribution in [1.29, 1.82) is 0 Å². The lowest BCUT2D eigenvalue weighted by Crippen LogP contribution is -2.33. The molecule has 1 atom stereocenters. The van der Waals surface area contributed by atoms with Gasteiger partial charge in [0.25, 0.3) is 5.91 Å². The molecule has 0 fully saturated rings. The number of carbonyl (C=O) groups is 1. The summed E-state index contributed by atoms with van der Waals surface area (Å²) in [6, 6.07) is 7.22. The Morgan fingerprint density at radius 2 is 2.00 bits per heavy atom. The van der Waals surface area contributed by atoms with E-state index in [9.17, 15) is 9.90 Å². The molecule has 3 N–H and O–H groups in total. The van der Waals surface area contributed by atoms with Crippen LogP contribution in [0.25, 0.3) is 0 Å². The van der Waals surface area contributed by atoms with Gasteiger partial charge in [-0.15, -0.1) is 0 Å². The van der Waals surface area contributed by atoms with E-state index in [1.54, 1.807) is 12.1 Å². The van der Waals surface area contributed by atoms with Crippen LogP contribution in [0.15, 0.2) is 24.3 Å². The highest BCUT2D eigenvalue weighted by Crippen LogP contribution is 2.13. The lowest BCUT2D eigenvalue weighted by Gasteiger charge is -2.14. The van der Waals surface area contributed by atoms with Gasteiger partial charge in [0, 0.05) is 11.7 Å². The predicted octanol–water partition coefficient (Wildman–Crippen LogP) is 2.48. The van der Waals surface area contributed by atoms with Crippen molar-refractivity contribution in [3.05, 3.63) is 46.8 Å². The standard InChI is InChI=1S/C16H21N3O2/c1-10(4-5-13-6-8-14(20)9-7-13)17-16(21)15-11(2)18-19-12(15)3/h6-10,20H,4-5H2,1-3H3,(H,17,21)(H,18,19). The normalized spacial score (nSPS) is 12.1. The van der Waals surface area contributed by atoms with E-state index in [-0.39, 0.29) is 17.7 Å². The van der Waals surface area contributed by atoms with Gasteiger partial charge in [0.05, 0.1) is 11.3 Å². The Bertz CT molecular complexity index is 597. The Kier molecular flexibility index (Phi) is 4.62. The van der Waals surface area contributed by atoms with Crippen molar-refractivity contribution >= 4 is 5.91 Å². The van der Waals surface area contributed by atoms with E-state index in [0.717, 1.165) is 29.8 Å². The molecule has 0 radical (unpaired) electrons. The Morgan fingerprint density at radius 3 is 2.57 bits per heavy atom. The number of aromatic hydroxyl groups is 1. The van der Waals surface area contributed by atoms with Gasteiger partial charge >= 0.3 is 0 Å². The van der Waals surface area contributed by atoms with Crippen LogP contribution < -0.4 is 5.32 Å². The molecule has 0 saturated heterocycles. The molecule has 0 saturated carbocycles. The van der Waals surface area contributed by atoms with Gasteiger partial charge in [-0.1, -0.05) is 12.1 Å². The zero-order valence-corrected chi connectivity index (χ0v) is 12.6. The first-order chi connectivity index (χ1) is 9.97. The molecule has 1 aromatic carbocycles. The number of hydrogen-bond acceptors (Lipinski definition) is 3. The molecular weight excluding hydrogens is 266 g/mol. The molecule has 1 amide bonds. The highest BCUT2D eigenvalue weighted by molar-refractivity contribution is 5.96. The van der Waals surface area contributed by atoms with Crippen LogP contribution in [0, 0.1) is 13.8 Å².